The Kier molecular flexibility index (Phi) is 3.97. The molecule has 1 saturated heterocycles. The van der Waals surface area contributed by atoms with Crippen molar-refractivity contribution < 1.29 is 19.4 Å². The van der Waals surface area contributed by atoms with Crippen molar-refractivity contribution in [2.75, 3.05) is 23.3 Å². The van der Waals surface area contributed by atoms with Gasteiger partial charge in [-0.2, -0.15) is 0 Å². The number of rotatable bonds is 3. The molecule has 2 heterocycles. The molecule has 0 aromatic carbocycles. The summed E-state index contributed by atoms with van der Waals surface area (Å²) in [5.41, 5.74) is -0.155. The van der Waals surface area contributed by atoms with Gasteiger partial charge in [0.15, 0.2) is 0 Å². The lowest BCUT2D eigenvalue weighted by atomic mass is 10.0. The number of aromatic nitrogens is 2. The molecule has 2 rings (SSSR count). The minimum Gasteiger partial charge on any atom is -0.481 e. The van der Waals surface area contributed by atoms with Gasteiger partial charge in [0.05, 0.1) is 24.0 Å². The average Bonchev–Trinajstić information content (AvgIpc) is 2.26. The molecule has 1 aromatic heterocycles. The molecular formula is C13H18N4O4. The summed E-state index contributed by atoms with van der Waals surface area (Å²) < 4.78 is 5.11. The van der Waals surface area contributed by atoms with E-state index in [9.17, 15) is 9.59 Å². The maximum atomic E-state index is 11.6. The Morgan fingerprint density at radius 1 is 1.33 bits per heavy atom. The minimum atomic E-state index is -0.811. The number of aliphatic carboxylic acids is 1. The van der Waals surface area contributed by atoms with E-state index in [1.807, 2.05) is 0 Å². The largest absolute Gasteiger partial charge is 0.481 e. The zero-order valence-electron chi connectivity index (χ0n) is 12.2. The van der Waals surface area contributed by atoms with E-state index >= 15 is 0 Å². The zero-order valence-corrected chi connectivity index (χ0v) is 12.2. The molecule has 114 valence electrons. The van der Waals surface area contributed by atoms with Gasteiger partial charge in [0.2, 0.25) is 5.95 Å². The van der Waals surface area contributed by atoms with E-state index in [2.05, 4.69) is 15.3 Å². The first-order valence-corrected chi connectivity index (χ1v) is 6.54. The number of carbonyl (C=O) groups is 2. The highest BCUT2D eigenvalue weighted by Crippen LogP contribution is 2.21. The molecule has 0 bridgehead atoms. The minimum absolute atomic E-state index is 0.367. The maximum absolute atomic E-state index is 11.6. The van der Waals surface area contributed by atoms with Crippen molar-refractivity contribution in [3.63, 3.8) is 0 Å². The molecule has 0 radical (unpaired) electrons. The first kappa shape index (κ1) is 15.0. The number of carboxylic acid groups (broad SMARTS) is 1. The average molecular weight is 294 g/mol. The second-order valence-electron chi connectivity index (χ2n) is 5.84. The number of hydrogen-bond acceptors (Lipinski definition) is 6. The van der Waals surface area contributed by atoms with Gasteiger partial charge in [0, 0.05) is 13.1 Å². The summed E-state index contributed by atoms with van der Waals surface area (Å²) in [6.45, 7) is 6.11. The molecule has 0 spiro atoms. The fourth-order valence-corrected chi connectivity index (χ4v) is 1.77. The topological polar surface area (TPSA) is 105 Å². The van der Waals surface area contributed by atoms with Crippen molar-refractivity contribution in [3.05, 3.63) is 12.4 Å². The SMILES string of the molecule is CC(C)(C)OC(=O)Nc1cnc(N2CC(C(=O)O)C2)nc1. The molecule has 0 saturated carbocycles. The van der Waals surface area contributed by atoms with Crippen LogP contribution >= 0.6 is 0 Å². The van der Waals surface area contributed by atoms with Crippen LogP contribution in [-0.4, -0.2) is 45.8 Å². The fourth-order valence-electron chi connectivity index (χ4n) is 1.77. The number of carbonyl (C=O) groups excluding carboxylic acids is 1. The van der Waals surface area contributed by atoms with Crippen LogP contribution in [-0.2, 0) is 9.53 Å². The summed E-state index contributed by atoms with van der Waals surface area (Å²) in [6, 6.07) is 0. The van der Waals surface area contributed by atoms with Crippen LogP contribution in [0.1, 0.15) is 20.8 Å². The lowest BCUT2D eigenvalue weighted by Gasteiger charge is -2.36. The van der Waals surface area contributed by atoms with Crippen molar-refractivity contribution in [1.82, 2.24) is 9.97 Å². The van der Waals surface area contributed by atoms with Crippen molar-refractivity contribution >= 4 is 23.7 Å². The lowest BCUT2D eigenvalue weighted by molar-refractivity contribution is -0.142. The summed E-state index contributed by atoms with van der Waals surface area (Å²) >= 11 is 0. The number of carboxylic acids is 1. The standard InChI is InChI=1S/C13H18N4O4/c1-13(2,3)21-12(20)16-9-4-14-11(15-5-9)17-6-8(7-17)10(18)19/h4-5,8H,6-7H2,1-3H3,(H,16,20)(H,18,19). The number of ether oxygens (including phenoxy) is 1. The molecule has 0 unspecified atom stereocenters. The molecule has 0 atom stereocenters. The Bertz CT molecular complexity index is 532. The molecule has 8 nitrogen and oxygen atoms in total. The van der Waals surface area contributed by atoms with Crippen LogP contribution in [0, 0.1) is 5.92 Å². The third kappa shape index (κ3) is 4.04. The molecule has 0 aliphatic carbocycles. The molecule has 21 heavy (non-hydrogen) atoms. The Hall–Kier alpha value is -2.38. The zero-order chi connectivity index (χ0) is 15.6. The van der Waals surface area contributed by atoms with Crippen LogP contribution < -0.4 is 10.2 Å². The maximum Gasteiger partial charge on any atom is 0.412 e. The molecule has 1 aromatic rings. The summed E-state index contributed by atoms with van der Waals surface area (Å²) in [5.74, 6) is -0.732. The highest BCUT2D eigenvalue weighted by molar-refractivity contribution is 5.84. The Morgan fingerprint density at radius 3 is 2.38 bits per heavy atom. The van der Waals surface area contributed by atoms with Crippen molar-refractivity contribution in [2.45, 2.75) is 26.4 Å². The van der Waals surface area contributed by atoms with Gasteiger partial charge in [-0.25, -0.2) is 14.8 Å². The highest BCUT2D eigenvalue weighted by Gasteiger charge is 2.33. The molecular weight excluding hydrogens is 276 g/mol. The van der Waals surface area contributed by atoms with Gasteiger partial charge in [-0.3, -0.25) is 10.1 Å². The first-order valence-electron chi connectivity index (χ1n) is 6.54. The Balaban J connectivity index is 1.88. The van der Waals surface area contributed by atoms with Crippen molar-refractivity contribution in [2.24, 2.45) is 5.92 Å². The van der Waals surface area contributed by atoms with Gasteiger partial charge in [-0.15, -0.1) is 0 Å². The van der Waals surface area contributed by atoms with Gasteiger partial charge >= 0.3 is 12.1 Å². The van der Waals surface area contributed by atoms with Gasteiger partial charge in [0.1, 0.15) is 5.60 Å². The molecule has 1 aliphatic heterocycles. The van der Waals surface area contributed by atoms with Gasteiger partial charge in [-0.05, 0) is 20.8 Å². The second-order valence-corrected chi connectivity index (χ2v) is 5.84. The monoisotopic (exact) mass is 294 g/mol. The number of anilines is 2. The highest BCUT2D eigenvalue weighted by atomic mass is 16.6. The van der Waals surface area contributed by atoms with Gasteiger partial charge in [-0.1, -0.05) is 0 Å². The normalized spacial score (nSPS) is 15.3. The van der Waals surface area contributed by atoms with Crippen LogP contribution in [0.5, 0.6) is 0 Å². The molecule has 1 aliphatic rings. The summed E-state index contributed by atoms with van der Waals surface area (Å²) in [5, 5.41) is 11.3. The van der Waals surface area contributed by atoms with E-state index in [0.717, 1.165) is 0 Å². The van der Waals surface area contributed by atoms with Crippen molar-refractivity contribution in [3.8, 4) is 0 Å². The molecule has 8 heteroatoms. The predicted octanol–water partition coefficient (Wildman–Crippen LogP) is 1.34. The van der Waals surface area contributed by atoms with E-state index in [1.54, 1.807) is 25.7 Å². The van der Waals surface area contributed by atoms with E-state index in [1.165, 1.54) is 12.4 Å². The fraction of sp³-hybridized carbons (Fsp3) is 0.538. The van der Waals surface area contributed by atoms with Gasteiger partial charge < -0.3 is 14.7 Å². The molecule has 2 N–H and O–H groups in total. The third-order valence-electron chi connectivity index (χ3n) is 2.80. The summed E-state index contributed by atoms with van der Waals surface area (Å²) in [4.78, 5) is 32.2. The van der Waals surface area contributed by atoms with Crippen LogP contribution in [0.4, 0.5) is 16.4 Å². The quantitative estimate of drug-likeness (QED) is 0.866. The van der Waals surface area contributed by atoms with Crippen LogP contribution in [0.15, 0.2) is 12.4 Å². The van der Waals surface area contributed by atoms with Gasteiger partial charge in [0.25, 0.3) is 0 Å². The molecule has 1 amide bonds. The van der Waals surface area contributed by atoms with Crippen LogP contribution in [0.2, 0.25) is 0 Å². The first-order chi connectivity index (χ1) is 9.74. The smallest absolute Gasteiger partial charge is 0.412 e. The summed E-state index contributed by atoms with van der Waals surface area (Å²) in [6.07, 6.45) is 2.34. The number of hydrogen-bond donors (Lipinski definition) is 2. The van der Waals surface area contributed by atoms with E-state index in [-0.39, 0.29) is 5.92 Å². The lowest BCUT2D eigenvalue weighted by Crippen LogP contribution is -2.51. The summed E-state index contributed by atoms with van der Waals surface area (Å²) in [7, 11) is 0. The van der Waals surface area contributed by atoms with Crippen LogP contribution in [0.25, 0.3) is 0 Å². The van der Waals surface area contributed by atoms with E-state index < -0.39 is 17.7 Å². The Labute approximate surface area is 122 Å². The van der Waals surface area contributed by atoms with E-state index in [4.69, 9.17) is 9.84 Å². The molecule has 1 fully saturated rings. The number of nitrogens with zero attached hydrogens (tertiary/aromatic N) is 3. The second kappa shape index (κ2) is 5.55. The van der Waals surface area contributed by atoms with Crippen LogP contribution in [0.3, 0.4) is 0 Å². The Morgan fingerprint density at radius 2 is 1.90 bits per heavy atom. The van der Waals surface area contributed by atoms with E-state index in [0.29, 0.717) is 24.7 Å². The number of amides is 1. The predicted molar refractivity (Wildman–Crippen MR) is 75.2 cm³/mol. The number of nitrogens with one attached hydrogen (secondary N) is 1. The third-order valence-corrected chi connectivity index (χ3v) is 2.80. The van der Waals surface area contributed by atoms with Crippen molar-refractivity contribution in [1.29, 1.82) is 0 Å².